The lowest BCUT2D eigenvalue weighted by atomic mass is 10.0. The summed E-state index contributed by atoms with van der Waals surface area (Å²) in [5, 5.41) is 3.05. The van der Waals surface area contributed by atoms with E-state index in [-0.39, 0.29) is 17.9 Å². The van der Waals surface area contributed by atoms with Crippen LogP contribution in [0, 0.1) is 0 Å². The third-order valence-corrected chi connectivity index (χ3v) is 4.23. The number of benzene rings is 2. The van der Waals surface area contributed by atoms with E-state index in [9.17, 15) is 4.79 Å². The number of imidazole rings is 1. The summed E-state index contributed by atoms with van der Waals surface area (Å²) >= 11 is 0. The zero-order valence-electron chi connectivity index (χ0n) is 13.4. The summed E-state index contributed by atoms with van der Waals surface area (Å²) in [6, 6.07) is 17.8. The third kappa shape index (κ3) is 3.26. The molecule has 3 rings (SSSR count). The summed E-state index contributed by atoms with van der Waals surface area (Å²) in [7, 11) is 0. The van der Waals surface area contributed by atoms with Crippen LogP contribution < -0.4 is 5.32 Å². The average molecular weight is 307 g/mol. The predicted molar refractivity (Wildman–Crippen MR) is 92.3 cm³/mol. The second kappa shape index (κ2) is 6.65. The normalized spacial score (nSPS) is 13.7. The second-order valence-electron chi connectivity index (χ2n) is 5.87. The maximum atomic E-state index is 12.5. The van der Waals surface area contributed by atoms with Gasteiger partial charge in [-0.05, 0) is 30.5 Å². The molecule has 0 radical (unpaired) electrons. The maximum absolute atomic E-state index is 12.5. The molecule has 4 heteroatoms. The highest BCUT2D eigenvalue weighted by atomic mass is 16.2. The first kappa shape index (κ1) is 15.3. The van der Waals surface area contributed by atoms with Gasteiger partial charge in [0.2, 0.25) is 5.91 Å². The standard InChI is InChI=1S/C19H21N3O/c1-14(16-8-4-3-5-9-16)12-20-19(23)15(2)22-13-21-17-10-6-7-11-18(17)22/h3-11,13-15H,12H2,1-2H3,(H,20,23). The summed E-state index contributed by atoms with van der Waals surface area (Å²) in [4.78, 5) is 16.8. The highest BCUT2D eigenvalue weighted by Gasteiger charge is 2.17. The van der Waals surface area contributed by atoms with Gasteiger partial charge in [-0.3, -0.25) is 4.79 Å². The Morgan fingerprint density at radius 3 is 2.57 bits per heavy atom. The number of aromatic nitrogens is 2. The van der Waals surface area contributed by atoms with Gasteiger partial charge in [0.1, 0.15) is 6.04 Å². The number of hydrogen-bond acceptors (Lipinski definition) is 2. The van der Waals surface area contributed by atoms with Crippen molar-refractivity contribution in [1.82, 2.24) is 14.9 Å². The lowest BCUT2D eigenvalue weighted by Gasteiger charge is -2.17. The van der Waals surface area contributed by atoms with Gasteiger partial charge in [-0.25, -0.2) is 4.98 Å². The van der Waals surface area contributed by atoms with E-state index in [4.69, 9.17) is 0 Å². The van der Waals surface area contributed by atoms with Crippen LogP contribution in [0.3, 0.4) is 0 Å². The summed E-state index contributed by atoms with van der Waals surface area (Å²) < 4.78 is 1.91. The Labute approximate surface area is 136 Å². The minimum absolute atomic E-state index is 0.0101. The molecular formula is C19H21N3O. The van der Waals surface area contributed by atoms with Crippen LogP contribution >= 0.6 is 0 Å². The van der Waals surface area contributed by atoms with Crippen molar-refractivity contribution in [2.75, 3.05) is 6.54 Å². The summed E-state index contributed by atoms with van der Waals surface area (Å²) in [5.74, 6) is 0.294. The molecule has 2 aromatic carbocycles. The maximum Gasteiger partial charge on any atom is 0.242 e. The number of nitrogens with zero attached hydrogens (tertiary/aromatic N) is 2. The minimum atomic E-state index is -0.287. The minimum Gasteiger partial charge on any atom is -0.354 e. The molecule has 0 saturated carbocycles. The number of carbonyl (C=O) groups is 1. The fourth-order valence-corrected chi connectivity index (χ4v) is 2.71. The number of hydrogen-bond donors (Lipinski definition) is 1. The van der Waals surface area contributed by atoms with Crippen molar-refractivity contribution < 1.29 is 4.79 Å². The van der Waals surface area contributed by atoms with Gasteiger partial charge in [0.25, 0.3) is 0 Å². The zero-order chi connectivity index (χ0) is 16.2. The van der Waals surface area contributed by atoms with Gasteiger partial charge < -0.3 is 9.88 Å². The van der Waals surface area contributed by atoms with Crippen molar-refractivity contribution in [2.24, 2.45) is 0 Å². The Bertz CT molecular complexity index is 794. The molecule has 3 aromatic rings. The molecule has 23 heavy (non-hydrogen) atoms. The van der Waals surface area contributed by atoms with Crippen molar-refractivity contribution in [3.8, 4) is 0 Å². The van der Waals surface area contributed by atoms with Crippen LogP contribution in [0.25, 0.3) is 11.0 Å². The van der Waals surface area contributed by atoms with Crippen molar-refractivity contribution in [2.45, 2.75) is 25.8 Å². The lowest BCUT2D eigenvalue weighted by molar-refractivity contribution is -0.123. The zero-order valence-corrected chi connectivity index (χ0v) is 13.4. The van der Waals surface area contributed by atoms with E-state index in [0.29, 0.717) is 6.54 Å². The van der Waals surface area contributed by atoms with Crippen molar-refractivity contribution >= 4 is 16.9 Å². The largest absolute Gasteiger partial charge is 0.354 e. The highest BCUT2D eigenvalue weighted by molar-refractivity contribution is 5.83. The van der Waals surface area contributed by atoms with E-state index in [1.807, 2.05) is 54.0 Å². The fourth-order valence-electron chi connectivity index (χ4n) is 2.71. The number of amides is 1. The number of fused-ring (bicyclic) bond motifs is 1. The van der Waals surface area contributed by atoms with Gasteiger partial charge in [-0.2, -0.15) is 0 Å². The van der Waals surface area contributed by atoms with Gasteiger partial charge in [0.15, 0.2) is 0 Å². The van der Waals surface area contributed by atoms with E-state index in [1.54, 1.807) is 6.33 Å². The van der Waals surface area contributed by atoms with Crippen LogP contribution in [0.15, 0.2) is 60.9 Å². The first-order chi connectivity index (χ1) is 11.2. The molecule has 0 aliphatic heterocycles. The molecule has 1 aromatic heterocycles. The van der Waals surface area contributed by atoms with Crippen LogP contribution in [0.1, 0.15) is 31.4 Å². The van der Waals surface area contributed by atoms with Crippen LogP contribution in [-0.2, 0) is 4.79 Å². The Hall–Kier alpha value is -2.62. The number of rotatable bonds is 5. The topological polar surface area (TPSA) is 46.9 Å². The van der Waals surface area contributed by atoms with Gasteiger partial charge in [0.05, 0.1) is 17.4 Å². The van der Waals surface area contributed by atoms with Crippen molar-refractivity contribution in [3.63, 3.8) is 0 Å². The quantitative estimate of drug-likeness (QED) is 0.784. The summed E-state index contributed by atoms with van der Waals surface area (Å²) in [6.45, 7) is 4.64. The van der Waals surface area contributed by atoms with Crippen molar-refractivity contribution in [1.29, 1.82) is 0 Å². The van der Waals surface area contributed by atoms with Gasteiger partial charge in [-0.1, -0.05) is 49.4 Å². The Morgan fingerprint density at radius 1 is 1.09 bits per heavy atom. The Balaban J connectivity index is 1.66. The molecule has 0 fully saturated rings. The summed E-state index contributed by atoms with van der Waals surface area (Å²) in [6.07, 6.45) is 1.73. The monoisotopic (exact) mass is 307 g/mol. The second-order valence-corrected chi connectivity index (χ2v) is 5.87. The Morgan fingerprint density at radius 2 is 1.78 bits per heavy atom. The molecule has 1 N–H and O–H groups in total. The Kier molecular flexibility index (Phi) is 4.42. The fraction of sp³-hybridized carbons (Fsp3) is 0.263. The molecule has 0 aliphatic rings. The molecule has 0 aliphatic carbocycles. The molecule has 4 nitrogen and oxygen atoms in total. The molecule has 2 atom stereocenters. The molecule has 0 spiro atoms. The van der Waals surface area contributed by atoms with E-state index >= 15 is 0 Å². The SMILES string of the molecule is CC(CNC(=O)C(C)n1cnc2ccccc21)c1ccccc1. The average Bonchev–Trinajstić information content (AvgIpc) is 3.03. The molecule has 118 valence electrons. The number of nitrogens with one attached hydrogen (secondary N) is 1. The molecule has 0 bridgehead atoms. The number of carbonyl (C=O) groups excluding carboxylic acids is 1. The van der Waals surface area contributed by atoms with Gasteiger partial charge in [-0.15, -0.1) is 0 Å². The first-order valence-corrected chi connectivity index (χ1v) is 7.91. The first-order valence-electron chi connectivity index (χ1n) is 7.91. The lowest BCUT2D eigenvalue weighted by Crippen LogP contribution is -2.33. The molecule has 2 unspecified atom stereocenters. The van der Waals surface area contributed by atoms with Crippen LogP contribution in [-0.4, -0.2) is 22.0 Å². The molecular weight excluding hydrogens is 286 g/mol. The highest BCUT2D eigenvalue weighted by Crippen LogP contribution is 2.18. The van der Waals surface area contributed by atoms with Gasteiger partial charge >= 0.3 is 0 Å². The van der Waals surface area contributed by atoms with Crippen molar-refractivity contribution in [3.05, 3.63) is 66.5 Å². The van der Waals surface area contributed by atoms with E-state index in [0.717, 1.165) is 11.0 Å². The van der Waals surface area contributed by atoms with E-state index < -0.39 is 0 Å². The molecule has 1 heterocycles. The molecule has 0 saturated heterocycles. The third-order valence-electron chi connectivity index (χ3n) is 4.23. The van der Waals surface area contributed by atoms with Crippen LogP contribution in [0.4, 0.5) is 0 Å². The smallest absolute Gasteiger partial charge is 0.242 e. The van der Waals surface area contributed by atoms with Gasteiger partial charge in [0, 0.05) is 6.54 Å². The number of para-hydroxylation sites is 2. The predicted octanol–water partition coefficient (Wildman–Crippen LogP) is 3.52. The van der Waals surface area contributed by atoms with E-state index in [1.165, 1.54) is 5.56 Å². The van der Waals surface area contributed by atoms with E-state index in [2.05, 4.69) is 29.4 Å². The van der Waals surface area contributed by atoms with Crippen LogP contribution in [0.5, 0.6) is 0 Å². The molecule has 1 amide bonds. The summed E-state index contributed by atoms with van der Waals surface area (Å²) in [5.41, 5.74) is 3.12. The van der Waals surface area contributed by atoms with Crippen LogP contribution in [0.2, 0.25) is 0 Å².